The maximum absolute atomic E-state index is 15.1. The highest BCUT2D eigenvalue weighted by Gasteiger charge is 2.19. The van der Waals surface area contributed by atoms with Crippen LogP contribution in [-0.4, -0.2) is 18.7 Å². The van der Waals surface area contributed by atoms with Crippen LogP contribution >= 0.6 is 0 Å². The Bertz CT molecular complexity index is 1120. The van der Waals surface area contributed by atoms with Crippen molar-refractivity contribution >= 4 is 5.97 Å². The smallest absolute Gasteiger partial charge is 0.347 e. The third-order valence-corrected chi connectivity index (χ3v) is 6.48. The summed E-state index contributed by atoms with van der Waals surface area (Å²) in [4.78, 5) is 11.7. The van der Waals surface area contributed by atoms with E-state index >= 15 is 8.78 Å². The van der Waals surface area contributed by atoms with Crippen molar-refractivity contribution in [1.29, 1.82) is 0 Å². The third-order valence-electron chi connectivity index (χ3n) is 6.48. The molecule has 0 heterocycles. The molecular weight excluding hydrogens is 434 g/mol. The molecule has 0 N–H and O–H groups in total. The second-order valence-corrected chi connectivity index (χ2v) is 8.78. The molecule has 1 fully saturated rings. The number of carbonyl (C=O) groups is 1. The maximum atomic E-state index is 15.1. The van der Waals surface area contributed by atoms with E-state index in [4.69, 9.17) is 9.47 Å². The number of rotatable bonds is 7. The SMILES string of the molecule is CCOC(=O)C(C)Oc1ccc(-c2ccc(-c3ccc(C4CCCCC4)cc3)c(F)c2F)cc1. The van der Waals surface area contributed by atoms with E-state index in [0.29, 0.717) is 22.8 Å². The molecule has 3 nitrogen and oxygen atoms in total. The van der Waals surface area contributed by atoms with Crippen LogP contribution in [0.2, 0.25) is 0 Å². The van der Waals surface area contributed by atoms with Crippen molar-refractivity contribution in [3.63, 3.8) is 0 Å². The number of hydrogen-bond acceptors (Lipinski definition) is 3. The van der Waals surface area contributed by atoms with E-state index in [9.17, 15) is 4.79 Å². The predicted molar refractivity (Wildman–Crippen MR) is 130 cm³/mol. The minimum atomic E-state index is -0.887. The van der Waals surface area contributed by atoms with Gasteiger partial charge >= 0.3 is 5.97 Å². The van der Waals surface area contributed by atoms with E-state index in [1.54, 1.807) is 50.2 Å². The van der Waals surface area contributed by atoms with Crippen molar-refractivity contribution in [3.05, 3.63) is 77.9 Å². The van der Waals surface area contributed by atoms with Crippen molar-refractivity contribution in [1.82, 2.24) is 0 Å². The minimum absolute atomic E-state index is 0.171. The quantitative estimate of drug-likeness (QED) is 0.337. The summed E-state index contributed by atoms with van der Waals surface area (Å²) in [6.07, 6.45) is 5.44. The average Bonchev–Trinajstić information content (AvgIpc) is 2.87. The first-order valence-corrected chi connectivity index (χ1v) is 12.0. The summed E-state index contributed by atoms with van der Waals surface area (Å²) in [5.41, 5.74) is 2.89. The van der Waals surface area contributed by atoms with E-state index in [2.05, 4.69) is 0 Å². The van der Waals surface area contributed by atoms with Gasteiger partial charge in [0.25, 0.3) is 0 Å². The number of halogens is 2. The Morgan fingerprint density at radius 1 is 0.853 bits per heavy atom. The predicted octanol–water partition coefficient (Wildman–Crippen LogP) is 7.68. The summed E-state index contributed by atoms with van der Waals surface area (Å²) < 4.78 is 40.6. The van der Waals surface area contributed by atoms with Crippen LogP contribution in [-0.2, 0) is 9.53 Å². The fourth-order valence-corrected chi connectivity index (χ4v) is 4.59. The maximum Gasteiger partial charge on any atom is 0.347 e. The number of hydrogen-bond donors (Lipinski definition) is 0. The molecule has 0 aromatic heterocycles. The Kier molecular flexibility index (Phi) is 7.61. The van der Waals surface area contributed by atoms with E-state index < -0.39 is 23.7 Å². The van der Waals surface area contributed by atoms with Crippen LogP contribution in [0.3, 0.4) is 0 Å². The summed E-state index contributed by atoms with van der Waals surface area (Å²) in [5.74, 6) is -1.19. The molecule has 1 atom stereocenters. The van der Waals surface area contributed by atoms with Crippen LogP contribution in [0, 0.1) is 11.6 Å². The normalized spacial score (nSPS) is 15.1. The molecule has 3 aromatic carbocycles. The lowest BCUT2D eigenvalue weighted by Gasteiger charge is -2.22. The molecule has 3 aromatic rings. The number of carbonyl (C=O) groups excluding carboxylic acids is 1. The fraction of sp³-hybridized carbons (Fsp3) is 0.345. The lowest BCUT2D eigenvalue weighted by molar-refractivity contribution is -0.150. The Balaban J connectivity index is 1.51. The summed E-state index contributed by atoms with van der Waals surface area (Å²) in [6, 6.07) is 17.6. The Labute approximate surface area is 199 Å². The molecule has 5 heteroatoms. The van der Waals surface area contributed by atoms with Gasteiger partial charge in [-0.25, -0.2) is 13.6 Å². The first kappa shape index (κ1) is 23.9. The first-order valence-electron chi connectivity index (χ1n) is 12.0. The van der Waals surface area contributed by atoms with E-state index in [1.807, 2.05) is 24.3 Å². The minimum Gasteiger partial charge on any atom is -0.479 e. The molecule has 0 aliphatic heterocycles. The standard InChI is InChI=1S/C29H30F2O3/c1-3-33-29(32)19(2)34-24-15-13-23(14-16-24)26-18-17-25(27(30)28(26)31)22-11-9-21(10-12-22)20-7-5-4-6-8-20/h9-20H,3-8H2,1-2H3. The number of benzene rings is 3. The van der Waals surface area contributed by atoms with Crippen LogP contribution < -0.4 is 4.74 Å². The van der Waals surface area contributed by atoms with Crippen LogP contribution in [0.4, 0.5) is 8.78 Å². The van der Waals surface area contributed by atoms with Gasteiger partial charge < -0.3 is 9.47 Å². The number of esters is 1. The van der Waals surface area contributed by atoms with Gasteiger partial charge in [-0.3, -0.25) is 0 Å². The lowest BCUT2D eigenvalue weighted by Crippen LogP contribution is -2.25. The van der Waals surface area contributed by atoms with Crippen LogP contribution in [0.5, 0.6) is 5.75 Å². The molecule has 178 valence electrons. The van der Waals surface area contributed by atoms with Gasteiger partial charge in [-0.1, -0.05) is 67.8 Å². The van der Waals surface area contributed by atoms with Gasteiger partial charge in [0.15, 0.2) is 17.7 Å². The van der Waals surface area contributed by atoms with Crippen molar-refractivity contribution < 1.29 is 23.0 Å². The van der Waals surface area contributed by atoms with Crippen LogP contribution in [0.15, 0.2) is 60.7 Å². The molecule has 34 heavy (non-hydrogen) atoms. The Hall–Kier alpha value is -3.21. The molecular formula is C29H30F2O3. The second-order valence-electron chi connectivity index (χ2n) is 8.78. The molecule has 0 radical (unpaired) electrons. The summed E-state index contributed by atoms with van der Waals surface area (Å²) in [7, 11) is 0. The summed E-state index contributed by atoms with van der Waals surface area (Å²) >= 11 is 0. The average molecular weight is 465 g/mol. The molecule has 1 unspecified atom stereocenters. The summed E-state index contributed by atoms with van der Waals surface area (Å²) in [5, 5.41) is 0. The highest BCUT2D eigenvalue weighted by molar-refractivity contribution is 5.75. The zero-order valence-electron chi connectivity index (χ0n) is 19.7. The van der Waals surface area contributed by atoms with Gasteiger partial charge in [-0.15, -0.1) is 0 Å². The Morgan fingerprint density at radius 3 is 1.91 bits per heavy atom. The lowest BCUT2D eigenvalue weighted by atomic mass is 9.83. The fourth-order valence-electron chi connectivity index (χ4n) is 4.59. The zero-order valence-corrected chi connectivity index (χ0v) is 19.7. The molecule has 1 aliphatic rings. The molecule has 1 aliphatic carbocycles. The molecule has 0 bridgehead atoms. The topological polar surface area (TPSA) is 35.5 Å². The van der Waals surface area contributed by atoms with E-state index in [0.717, 1.165) is 0 Å². The van der Waals surface area contributed by atoms with Crippen molar-refractivity contribution in [2.75, 3.05) is 6.61 Å². The van der Waals surface area contributed by atoms with Crippen LogP contribution in [0.1, 0.15) is 57.4 Å². The zero-order chi connectivity index (χ0) is 24.1. The Morgan fingerprint density at radius 2 is 1.38 bits per heavy atom. The first-order chi connectivity index (χ1) is 16.5. The highest BCUT2D eigenvalue weighted by atomic mass is 19.2. The second kappa shape index (κ2) is 10.8. The monoisotopic (exact) mass is 464 g/mol. The van der Waals surface area contributed by atoms with Crippen molar-refractivity contribution in [2.24, 2.45) is 0 Å². The molecule has 1 saturated carbocycles. The van der Waals surface area contributed by atoms with Gasteiger partial charge in [0.2, 0.25) is 0 Å². The van der Waals surface area contributed by atoms with Gasteiger partial charge in [-0.05, 0) is 61.4 Å². The van der Waals surface area contributed by atoms with Crippen molar-refractivity contribution in [2.45, 2.75) is 58.0 Å². The highest BCUT2D eigenvalue weighted by Crippen LogP contribution is 2.35. The van der Waals surface area contributed by atoms with Gasteiger partial charge in [0.1, 0.15) is 5.75 Å². The van der Waals surface area contributed by atoms with E-state index in [1.165, 1.54) is 37.7 Å². The van der Waals surface area contributed by atoms with Gasteiger partial charge in [0.05, 0.1) is 6.61 Å². The molecule has 0 amide bonds. The van der Waals surface area contributed by atoms with Crippen LogP contribution in [0.25, 0.3) is 22.3 Å². The third kappa shape index (κ3) is 5.30. The number of ether oxygens (including phenoxy) is 2. The summed E-state index contributed by atoms with van der Waals surface area (Å²) in [6.45, 7) is 3.60. The largest absolute Gasteiger partial charge is 0.479 e. The van der Waals surface area contributed by atoms with E-state index in [-0.39, 0.29) is 17.7 Å². The molecule has 0 spiro atoms. The molecule has 4 rings (SSSR count). The van der Waals surface area contributed by atoms with Gasteiger partial charge in [0, 0.05) is 11.1 Å². The molecule has 0 saturated heterocycles. The van der Waals surface area contributed by atoms with Crippen molar-refractivity contribution in [3.8, 4) is 28.0 Å². The van der Waals surface area contributed by atoms with Gasteiger partial charge in [-0.2, -0.15) is 0 Å².